The summed E-state index contributed by atoms with van der Waals surface area (Å²) in [6, 6.07) is 10.1. The number of H-pyrrole nitrogens is 2. The van der Waals surface area contributed by atoms with Crippen LogP contribution >= 0.6 is 12.2 Å². The number of hydrogen-bond acceptors (Lipinski definition) is 4. The van der Waals surface area contributed by atoms with Gasteiger partial charge in [-0.25, -0.2) is 9.78 Å². The Balaban J connectivity index is 1.82. The van der Waals surface area contributed by atoms with Crippen LogP contribution in [0.5, 0.6) is 0 Å². The van der Waals surface area contributed by atoms with Crippen LogP contribution in [-0.4, -0.2) is 35.9 Å². The predicted molar refractivity (Wildman–Crippen MR) is 100 cm³/mol. The third-order valence-corrected chi connectivity index (χ3v) is 4.34. The summed E-state index contributed by atoms with van der Waals surface area (Å²) in [5.41, 5.74) is 5.03. The van der Waals surface area contributed by atoms with Gasteiger partial charge >= 0.3 is 0 Å². The molecule has 0 saturated heterocycles. The van der Waals surface area contributed by atoms with Crippen molar-refractivity contribution < 1.29 is 0 Å². The van der Waals surface area contributed by atoms with Gasteiger partial charge in [-0.15, -0.1) is 5.10 Å². The number of fused-ring (bicyclic) bond motifs is 1. The third-order valence-electron chi connectivity index (χ3n) is 4.08. The first-order valence-electron chi connectivity index (χ1n) is 7.87. The highest BCUT2D eigenvalue weighted by Crippen LogP contribution is 2.20. The van der Waals surface area contributed by atoms with Crippen molar-refractivity contribution >= 4 is 29.3 Å². The van der Waals surface area contributed by atoms with Gasteiger partial charge in [0.1, 0.15) is 0 Å². The average Bonchev–Trinajstić information content (AvgIpc) is 3.20. The number of aromatic nitrogens is 6. The van der Waals surface area contributed by atoms with Gasteiger partial charge in [0.05, 0.1) is 11.9 Å². The molecule has 1 aromatic carbocycles. The predicted octanol–water partition coefficient (Wildman–Crippen LogP) is 3.42. The van der Waals surface area contributed by atoms with Crippen molar-refractivity contribution in [3.05, 3.63) is 57.7 Å². The number of nitrogens with zero attached hydrogens (tertiary/aromatic N) is 5. The number of benzene rings is 1. The van der Waals surface area contributed by atoms with Gasteiger partial charge in [-0.05, 0) is 45.1 Å². The van der Waals surface area contributed by atoms with Gasteiger partial charge in [0.15, 0.2) is 0 Å². The summed E-state index contributed by atoms with van der Waals surface area (Å²) in [5, 5.41) is 17.2. The van der Waals surface area contributed by atoms with Crippen LogP contribution in [0.4, 0.5) is 0 Å². The minimum Gasteiger partial charge on any atom is -0.358 e. The SMILES string of the molecule is Cc1cc(C)n(-c2n[nH]c(=S)n2/N=C/c2c(C)[nH]c3ccccc23)n1. The summed E-state index contributed by atoms with van der Waals surface area (Å²) in [4.78, 5) is 3.36. The Bertz CT molecular complexity index is 1160. The van der Waals surface area contributed by atoms with E-state index < -0.39 is 0 Å². The summed E-state index contributed by atoms with van der Waals surface area (Å²) >= 11 is 5.33. The molecule has 0 atom stereocenters. The van der Waals surface area contributed by atoms with E-state index in [4.69, 9.17) is 12.2 Å². The first-order chi connectivity index (χ1) is 12.0. The highest BCUT2D eigenvalue weighted by molar-refractivity contribution is 7.71. The molecule has 4 aromatic rings. The van der Waals surface area contributed by atoms with E-state index in [0.717, 1.165) is 33.5 Å². The lowest BCUT2D eigenvalue weighted by Gasteiger charge is -2.02. The van der Waals surface area contributed by atoms with Crippen molar-refractivity contribution in [1.82, 2.24) is 29.6 Å². The van der Waals surface area contributed by atoms with E-state index >= 15 is 0 Å². The monoisotopic (exact) mass is 351 g/mol. The Hall–Kier alpha value is -3.00. The Morgan fingerprint density at radius 3 is 2.76 bits per heavy atom. The number of hydrogen-bond donors (Lipinski definition) is 2. The molecule has 0 radical (unpaired) electrons. The Labute approximate surface area is 149 Å². The number of rotatable bonds is 3. The Morgan fingerprint density at radius 1 is 1.20 bits per heavy atom. The maximum Gasteiger partial charge on any atom is 0.271 e. The fraction of sp³-hybridized carbons (Fsp3) is 0.176. The molecule has 7 nitrogen and oxygen atoms in total. The molecule has 0 aliphatic rings. The highest BCUT2D eigenvalue weighted by Gasteiger charge is 2.12. The van der Waals surface area contributed by atoms with Crippen molar-refractivity contribution in [2.24, 2.45) is 5.10 Å². The highest BCUT2D eigenvalue weighted by atomic mass is 32.1. The second-order valence-corrected chi connectivity index (χ2v) is 6.32. The van der Waals surface area contributed by atoms with Gasteiger partial charge in [-0.2, -0.15) is 14.9 Å². The molecule has 0 fully saturated rings. The van der Waals surface area contributed by atoms with Crippen LogP contribution in [0.3, 0.4) is 0 Å². The lowest BCUT2D eigenvalue weighted by atomic mass is 10.1. The molecule has 0 bridgehead atoms. The summed E-state index contributed by atoms with van der Waals surface area (Å²) in [5.74, 6) is 0.532. The van der Waals surface area contributed by atoms with E-state index in [1.165, 1.54) is 0 Å². The molecule has 4 rings (SSSR count). The normalized spacial score (nSPS) is 11.8. The number of nitrogens with one attached hydrogen (secondary N) is 2. The molecule has 25 heavy (non-hydrogen) atoms. The van der Waals surface area contributed by atoms with Crippen molar-refractivity contribution in [1.29, 1.82) is 0 Å². The van der Waals surface area contributed by atoms with Crippen LogP contribution in [0.15, 0.2) is 35.4 Å². The zero-order chi connectivity index (χ0) is 17.6. The van der Waals surface area contributed by atoms with Crippen LogP contribution < -0.4 is 0 Å². The number of para-hydroxylation sites is 1. The second kappa shape index (κ2) is 5.82. The molecule has 126 valence electrons. The van der Waals surface area contributed by atoms with Crippen LogP contribution in [0, 0.1) is 25.5 Å². The smallest absolute Gasteiger partial charge is 0.271 e. The molecular formula is C17H17N7S. The fourth-order valence-electron chi connectivity index (χ4n) is 2.94. The van der Waals surface area contributed by atoms with Crippen LogP contribution in [0.25, 0.3) is 16.9 Å². The molecule has 0 saturated carbocycles. The lowest BCUT2D eigenvalue weighted by molar-refractivity contribution is 0.714. The standard InChI is InChI=1S/C17H17N7S/c1-10-8-11(2)23(22-10)16-20-21-17(25)24(16)18-9-14-12(3)19-15-7-5-4-6-13(14)15/h4-9,19H,1-3H3,(H,21,25)/b18-9+. The van der Waals surface area contributed by atoms with E-state index in [-0.39, 0.29) is 0 Å². The lowest BCUT2D eigenvalue weighted by Crippen LogP contribution is -2.07. The van der Waals surface area contributed by atoms with E-state index in [1.54, 1.807) is 15.6 Å². The van der Waals surface area contributed by atoms with E-state index in [9.17, 15) is 0 Å². The molecule has 3 aromatic heterocycles. The van der Waals surface area contributed by atoms with Gasteiger partial charge in [0.2, 0.25) is 4.77 Å². The largest absolute Gasteiger partial charge is 0.358 e. The first kappa shape index (κ1) is 15.5. The molecule has 8 heteroatoms. The summed E-state index contributed by atoms with van der Waals surface area (Å²) in [6.45, 7) is 5.93. The summed E-state index contributed by atoms with van der Waals surface area (Å²) in [7, 11) is 0. The number of aromatic amines is 2. The molecule has 0 aliphatic heterocycles. The van der Waals surface area contributed by atoms with Crippen molar-refractivity contribution in [2.75, 3.05) is 0 Å². The first-order valence-corrected chi connectivity index (χ1v) is 8.28. The second-order valence-electron chi connectivity index (χ2n) is 5.93. The summed E-state index contributed by atoms with van der Waals surface area (Å²) < 4.78 is 3.72. The van der Waals surface area contributed by atoms with Crippen molar-refractivity contribution in [2.45, 2.75) is 20.8 Å². The molecule has 0 unspecified atom stereocenters. The minimum atomic E-state index is 0.413. The zero-order valence-electron chi connectivity index (χ0n) is 14.1. The van der Waals surface area contributed by atoms with Gasteiger partial charge in [0.25, 0.3) is 5.95 Å². The van der Waals surface area contributed by atoms with Gasteiger partial charge in [-0.3, -0.25) is 0 Å². The quantitative estimate of drug-likeness (QED) is 0.438. The van der Waals surface area contributed by atoms with E-state index in [2.05, 4.69) is 31.4 Å². The topological polar surface area (TPSA) is 79.6 Å². The molecule has 0 spiro atoms. The van der Waals surface area contributed by atoms with Crippen LogP contribution in [0.1, 0.15) is 22.6 Å². The zero-order valence-corrected chi connectivity index (χ0v) is 14.9. The maximum atomic E-state index is 5.33. The van der Waals surface area contributed by atoms with E-state index in [0.29, 0.717) is 10.7 Å². The van der Waals surface area contributed by atoms with Crippen molar-refractivity contribution in [3.8, 4) is 5.95 Å². The molecule has 0 aliphatic carbocycles. The fourth-order valence-corrected chi connectivity index (χ4v) is 3.11. The Morgan fingerprint density at radius 2 is 2.00 bits per heavy atom. The Kier molecular flexibility index (Phi) is 3.61. The molecular weight excluding hydrogens is 334 g/mol. The van der Waals surface area contributed by atoms with E-state index in [1.807, 2.05) is 45.0 Å². The molecule has 2 N–H and O–H groups in total. The average molecular weight is 351 g/mol. The van der Waals surface area contributed by atoms with Crippen molar-refractivity contribution in [3.63, 3.8) is 0 Å². The van der Waals surface area contributed by atoms with Crippen LogP contribution in [0.2, 0.25) is 0 Å². The number of aryl methyl sites for hydroxylation is 3. The van der Waals surface area contributed by atoms with Gasteiger partial charge < -0.3 is 4.98 Å². The maximum absolute atomic E-state index is 5.33. The van der Waals surface area contributed by atoms with Gasteiger partial charge in [0, 0.05) is 27.9 Å². The van der Waals surface area contributed by atoms with Gasteiger partial charge in [-0.1, -0.05) is 18.2 Å². The molecule has 0 amide bonds. The molecule has 3 heterocycles. The van der Waals surface area contributed by atoms with Crippen LogP contribution in [-0.2, 0) is 0 Å². The summed E-state index contributed by atoms with van der Waals surface area (Å²) in [6.07, 6.45) is 1.80. The minimum absolute atomic E-state index is 0.413. The third kappa shape index (κ3) is 2.60.